The molecule has 2 aromatic carbocycles. The summed E-state index contributed by atoms with van der Waals surface area (Å²) in [5.74, 6) is 2.22. The molecule has 1 saturated carbocycles. The zero-order valence-electron chi connectivity index (χ0n) is 16.6. The van der Waals surface area contributed by atoms with Gasteiger partial charge in [-0.1, -0.05) is 30.3 Å². The third kappa shape index (κ3) is 3.69. The number of carbonyl (C=O) groups excluding carboxylic acids is 1. The van der Waals surface area contributed by atoms with Crippen molar-refractivity contribution >= 4 is 22.6 Å². The fourth-order valence-electron chi connectivity index (χ4n) is 3.77. The SMILES string of the molecule is N#Cc1nc(C2CC2)oc1N1CCN(C(=O)COc2ccc3ccccc3c2)CC1. The van der Waals surface area contributed by atoms with Crippen LogP contribution in [0.3, 0.4) is 0 Å². The minimum Gasteiger partial charge on any atom is -0.484 e. The van der Waals surface area contributed by atoms with E-state index in [1.165, 1.54) is 0 Å². The number of oxazole rings is 1. The molecule has 152 valence electrons. The number of piperazine rings is 1. The Morgan fingerprint density at radius 3 is 2.63 bits per heavy atom. The fraction of sp³-hybridized carbons (Fsp3) is 0.348. The molecule has 1 aromatic heterocycles. The van der Waals surface area contributed by atoms with Gasteiger partial charge in [0.15, 0.2) is 6.61 Å². The van der Waals surface area contributed by atoms with Crippen molar-refractivity contribution < 1.29 is 13.9 Å². The van der Waals surface area contributed by atoms with E-state index in [1.807, 2.05) is 47.4 Å². The first-order valence-electron chi connectivity index (χ1n) is 10.3. The highest BCUT2D eigenvalue weighted by Crippen LogP contribution is 2.41. The molecule has 1 saturated heterocycles. The number of carbonyl (C=O) groups is 1. The molecule has 7 heteroatoms. The zero-order valence-corrected chi connectivity index (χ0v) is 16.6. The zero-order chi connectivity index (χ0) is 20.5. The van der Waals surface area contributed by atoms with E-state index in [1.54, 1.807) is 4.90 Å². The summed E-state index contributed by atoms with van der Waals surface area (Å²) in [6.07, 6.45) is 2.15. The number of rotatable bonds is 5. The van der Waals surface area contributed by atoms with Gasteiger partial charge in [-0.15, -0.1) is 0 Å². The van der Waals surface area contributed by atoms with Crippen LogP contribution in [0.1, 0.15) is 30.3 Å². The van der Waals surface area contributed by atoms with E-state index in [2.05, 4.69) is 11.1 Å². The van der Waals surface area contributed by atoms with E-state index in [0.717, 1.165) is 23.6 Å². The van der Waals surface area contributed by atoms with E-state index < -0.39 is 0 Å². The minimum absolute atomic E-state index is 0.00984. The van der Waals surface area contributed by atoms with Gasteiger partial charge in [-0.05, 0) is 35.7 Å². The molecule has 1 aliphatic heterocycles. The maximum atomic E-state index is 12.6. The highest BCUT2D eigenvalue weighted by Gasteiger charge is 2.32. The Balaban J connectivity index is 1.17. The number of ether oxygens (including phenoxy) is 1. The summed E-state index contributed by atoms with van der Waals surface area (Å²) in [7, 11) is 0. The molecule has 0 atom stereocenters. The van der Waals surface area contributed by atoms with Gasteiger partial charge in [0.2, 0.25) is 17.5 Å². The molecule has 2 aliphatic rings. The van der Waals surface area contributed by atoms with Crippen molar-refractivity contribution in [3.05, 3.63) is 54.0 Å². The number of fused-ring (bicyclic) bond motifs is 1. The molecule has 0 radical (unpaired) electrons. The van der Waals surface area contributed by atoms with Gasteiger partial charge in [0.05, 0.1) is 0 Å². The number of hydrogen-bond donors (Lipinski definition) is 0. The molecule has 0 spiro atoms. The molecule has 1 aliphatic carbocycles. The van der Waals surface area contributed by atoms with E-state index in [-0.39, 0.29) is 12.5 Å². The maximum absolute atomic E-state index is 12.6. The molecular formula is C23H22N4O3. The molecule has 1 amide bonds. The first kappa shape index (κ1) is 18.5. The van der Waals surface area contributed by atoms with Gasteiger partial charge < -0.3 is 19.0 Å². The van der Waals surface area contributed by atoms with Crippen LogP contribution in [0.2, 0.25) is 0 Å². The van der Waals surface area contributed by atoms with Crippen LogP contribution < -0.4 is 9.64 Å². The van der Waals surface area contributed by atoms with Gasteiger partial charge in [-0.25, -0.2) is 4.98 Å². The van der Waals surface area contributed by atoms with Gasteiger partial charge in [0, 0.05) is 32.1 Å². The molecule has 0 bridgehead atoms. The molecule has 7 nitrogen and oxygen atoms in total. The summed E-state index contributed by atoms with van der Waals surface area (Å²) in [6, 6.07) is 16.0. The van der Waals surface area contributed by atoms with Crippen molar-refractivity contribution in [1.29, 1.82) is 5.26 Å². The van der Waals surface area contributed by atoms with E-state index in [4.69, 9.17) is 9.15 Å². The van der Waals surface area contributed by atoms with Crippen molar-refractivity contribution in [2.45, 2.75) is 18.8 Å². The number of amides is 1. The highest BCUT2D eigenvalue weighted by molar-refractivity contribution is 5.84. The Morgan fingerprint density at radius 1 is 1.13 bits per heavy atom. The molecule has 2 heterocycles. The second kappa shape index (κ2) is 7.71. The smallest absolute Gasteiger partial charge is 0.260 e. The first-order chi connectivity index (χ1) is 14.7. The van der Waals surface area contributed by atoms with Gasteiger partial charge >= 0.3 is 0 Å². The summed E-state index contributed by atoms with van der Waals surface area (Å²) in [5, 5.41) is 11.6. The average molecular weight is 402 g/mol. The van der Waals surface area contributed by atoms with Crippen LogP contribution in [0.15, 0.2) is 46.9 Å². The lowest BCUT2D eigenvalue weighted by atomic mass is 10.1. The Kier molecular flexibility index (Phi) is 4.75. The normalized spacial score (nSPS) is 16.5. The van der Waals surface area contributed by atoms with Crippen molar-refractivity contribution in [1.82, 2.24) is 9.88 Å². The van der Waals surface area contributed by atoms with Crippen LogP contribution in [0.25, 0.3) is 10.8 Å². The summed E-state index contributed by atoms with van der Waals surface area (Å²) in [6.45, 7) is 2.34. The monoisotopic (exact) mass is 402 g/mol. The number of benzene rings is 2. The van der Waals surface area contributed by atoms with E-state index in [0.29, 0.717) is 55.3 Å². The standard InChI is InChI=1S/C23H22N4O3/c24-14-20-23(30-22(25-20)17-5-6-17)27-11-9-26(10-12-27)21(28)15-29-19-8-7-16-3-1-2-4-18(16)13-19/h1-4,7-8,13,17H,5-6,9-12,15H2. The number of anilines is 1. The summed E-state index contributed by atoms with van der Waals surface area (Å²) >= 11 is 0. The molecule has 0 unspecified atom stereocenters. The molecule has 0 N–H and O–H groups in total. The third-order valence-corrected chi connectivity index (χ3v) is 5.66. The second-order valence-corrected chi connectivity index (χ2v) is 7.76. The molecule has 30 heavy (non-hydrogen) atoms. The number of hydrogen-bond acceptors (Lipinski definition) is 6. The van der Waals surface area contributed by atoms with Crippen molar-refractivity contribution in [3.8, 4) is 11.8 Å². The van der Waals surface area contributed by atoms with Crippen molar-refractivity contribution in [3.63, 3.8) is 0 Å². The lowest BCUT2D eigenvalue weighted by molar-refractivity contribution is -0.133. The largest absolute Gasteiger partial charge is 0.484 e. The predicted molar refractivity (Wildman–Crippen MR) is 111 cm³/mol. The summed E-state index contributed by atoms with van der Waals surface area (Å²) in [4.78, 5) is 20.7. The summed E-state index contributed by atoms with van der Waals surface area (Å²) < 4.78 is 11.6. The van der Waals surface area contributed by atoms with Crippen molar-refractivity contribution in [2.75, 3.05) is 37.7 Å². The fourth-order valence-corrected chi connectivity index (χ4v) is 3.77. The van der Waals surface area contributed by atoms with Crippen LogP contribution in [0.4, 0.5) is 5.88 Å². The molecular weight excluding hydrogens is 380 g/mol. The van der Waals surface area contributed by atoms with Gasteiger partial charge in [0.1, 0.15) is 11.8 Å². The van der Waals surface area contributed by atoms with Crippen LogP contribution in [-0.4, -0.2) is 48.6 Å². The van der Waals surface area contributed by atoms with Gasteiger partial charge in [-0.3, -0.25) is 4.79 Å². The van der Waals surface area contributed by atoms with Crippen LogP contribution >= 0.6 is 0 Å². The molecule has 3 aromatic rings. The number of nitriles is 1. The third-order valence-electron chi connectivity index (χ3n) is 5.66. The average Bonchev–Trinajstić information content (AvgIpc) is 3.56. The van der Waals surface area contributed by atoms with Crippen LogP contribution in [0.5, 0.6) is 5.75 Å². The van der Waals surface area contributed by atoms with Crippen molar-refractivity contribution in [2.24, 2.45) is 0 Å². The Labute approximate surface area is 174 Å². The van der Waals surface area contributed by atoms with Crippen LogP contribution in [0, 0.1) is 11.3 Å². The number of nitrogens with zero attached hydrogens (tertiary/aromatic N) is 4. The predicted octanol–water partition coefficient (Wildman–Crippen LogP) is 3.30. The Hall–Kier alpha value is -3.53. The highest BCUT2D eigenvalue weighted by atomic mass is 16.5. The quantitative estimate of drug-likeness (QED) is 0.651. The second-order valence-electron chi connectivity index (χ2n) is 7.76. The molecule has 2 fully saturated rings. The number of aromatic nitrogens is 1. The van der Waals surface area contributed by atoms with E-state index >= 15 is 0 Å². The Bertz CT molecular complexity index is 1120. The lowest BCUT2D eigenvalue weighted by Crippen LogP contribution is -2.50. The minimum atomic E-state index is -0.0421. The molecule has 5 rings (SSSR count). The van der Waals surface area contributed by atoms with Gasteiger partial charge in [-0.2, -0.15) is 5.26 Å². The van der Waals surface area contributed by atoms with Gasteiger partial charge in [0.25, 0.3) is 5.91 Å². The maximum Gasteiger partial charge on any atom is 0.260 e. The Morgan fingerprint density at radius 2 is 1.90 bits per heavy atom. The first-order valence-corrected chi connectivity index (χ1v) is 10.3. The van der Waals surface area contributed by atoms with E-state index in [9.17, 15) is 10.1 Å². The van der Waals surface area contributed by atoms with Crippen LogP contribution in [-0.2, 0) is 4.79 Å². The topological polar surface area (TPSA) is 82.6 Å². The lowest BCUT2D eigenvalue weighted by Gasteiger charge is -2.34. The summed E-state index contributed by atoms with van der Waals surface area (Å²) in [5.41, 5.74) is 0.344.